The van der Waals surface area contributed by atoms with E-state index in [1.807, 2.05) is 11.8 Å². The topological polar surface area (TPSA) is 81.6 Å². The van der Waals surface area contributed by atoms with Crippen LogP contribution in [0.4, 0.5) is 0 Å². The predicted molar refractivity (Wildman–Crippen MR) is 202 cm³/mol. The number of hydrogen-bond acceptors (Lipinski definition) is 10. The summed E-state index contributed by atoms with van der Waals surface area (Å²) in [5.41, 5.74) is 0. The molecular formula is C36H52N6O2S2Si. The molecule has 0 spiro atoms. The molecule has 254 valence electrons. The van der Waals surface area contributed by atoms with E-state index >= 15 is 0 Å². The van der Waals surface area contributed by atoms with Crippen molar-refractivity contribution >= 4 is 59.2 Å². The Morgan fingerprint density at radius 1 is 0.787 bits per heavy atom. The number of hydrogen-bond donors (Lipinski definition) is 2. The van der Waals surface area contributed by atoms with Crippen molar-refractivity contribution in [2.45, 2.75) is 82.6 Å². The summed E-state index contributed by atoms with van der Waals surface area (Å²) >= 11 is 3.43. The molecule has 11 heteroatoms. The molecule has 4 aliphatic heterocycles. The fourth-order valence-electron chi connectivity index (χ4n) is 7.32. The first-order valence-electron chi connectivity index (χ1n) is 17.4. The summed E-state index contributed by atoms with van der Waals surface area (Å²) in [5, 5.41) is 10.2. The third-order valence-corrected chi connectivity index (χ3v) is 17.1. The highest BCUT2D eigenvalue weighted by Gasteiger charge is 2.50. The van der Waals surface area contributed by atoms with Crippen LogP contribution in [-0.4, -0.2) is 109 Å². The lowest BCUT2D eigenvalue weighted by Crippen LogP contribution is -2.67. The number of rotatable bonds is 11. The van der Waals surface area contributed by atoms with Crippen LogP contribution in [0.5, 0.6) is 0 Å². The predicted octanol–water partition coefficient (Wildman–Crippen LogP) is 4.16. The molecule has 4 atom stereocenters. The Morgan fingerprint density at radius 2 is 1.30 bits per heavy atom. The van der Waals surface area contributed by atoms with Crippen LogP contribution in [0.2, 0.25) is 5.04 Å². The number of carbonyl (C=O) groups is 1. The highest BCUT2D eigenvalue weighted by Crippen LogP contribution is 2.37. The van der Waals surface area contributed by atoms with E-state index in [4.69, 9.17) is 14.4 Å². The number of carbonyl (C=O) groups excluding carboxylic acids is 1. The van der Waals surface area contributed by atoms with Crippen LogP contribution in [0.15, 0.2) is 70.6 Å². The van der Waals surface area contributed by atoms with E-state index in [0.717, 1.165) is 81.0 Å². The zero-order valence-electron chi connectivity index (χ0n) is 28.5. The van der Waals surface area contributed by atoms with Crippen molar-refractivity contribution in [1.82, 2.24) is 20.4 Å². The van der Waals surface area contributed by atoms with Gasteiger partial charge in [0.15, 0.2) is 17.0 Å². The van der Waals surface area contributed by atoms with Gasteiger partial charge in [-0.3, -0.25) is 4.79 Å². The van der Waals surface area contributed by atoms with Gasteiger partial charge in [-0.15, -0.1) is 0 Å². The van der Waals surface area contributed by atoms with E-state index in [2.05, 4.69) is 102 Å². The quantitative estimate of drug-likeness (QED) is 0.340. The van der Waals surface area contributed by atoms with Crippen LogP contribution in [0.25, 0.3) is 0 Å². The van der Waals surface area contributed by atoms with Gasteiger partial charge < -0.3 is 24.9 Å². The Bertz CT molecular complexity index is 1370. The van der Waals surface area contributed by atoms with E-state index in [1.54, 1.807) is 6.92 Å². The van der Waals surface area contributed by atoms with Gasteiger partial charge in [0.2, 0.25) is 0 Å². The number of aliphatic imine (C=N–C) groups is 2. The lowest BCUT2D eigenvalue weighted by atomic mass is 10.1. The van der Waals surface area contributed by atoms with Gasteiger partial charge in [-0.1, -0.05) is 93.2 Å². The summed E-state index contributed by atoms with van der Waals surface area (Å²) < 4.78 is 7.26. The van der Waals surface area contributed by atoms with Crippen molar-refractivity contribution < 1.29 is 9.22 Å². The molecule has 4 heterocycles. The first-order chi connectivity index (χ1) is 22.7. The highest BCUT2D eigenvalue weighted by molar-refractivity contribution is 8.13. The number of thioether (sulfide) groups is 2. The molecule has 2 saturated heterocycles. The Balaban J connectivity index is 1.05. The van der Waals surface area contributed by atoms with Gasteiger partial charge in [0, 0.05) is 62.4 Å². The molecule has 0 amide bonds. The van der Waals surface area contributed by atoms with E-state index in [-0.39, 0.29) is 16.2 Å². The highest BCUT2D eigenvalue weighted by atomic mass is 32.2. The molecule has 0 unspecified atom stereocenters. The fraction of sp³-hybridized carbons (Fsp3) is 0.583. The molecule has 0 saturated carbocycles. The van der Waals surface area contributed by atoms with Crippen LogP contribution in [0.1, 0.15) is 53.4 Å². The van der Waals surface area contributed by atoms with Crippen molar-refractivity contribution in [2.75, 3.05) is 50.0 Å². The number of nitrogens with one attached hydrogen (secondary N) is 2. The Hall–Kier alpha value is -2.47. The smallest absolute Gasteiger partial charge is 0.261 e. The minimum atomic E-state index is -2.59. The van der Waals surface area contributed by atoms with Gasteiger partial charge in [0.25, 0.3) is 8.32 Å². The lowest BCUT2D eigenvalue weighted by molar-refractivity contribution is -0.109. The first kappa shape index (κ1) is 34.4. The Morgan fingerprint density at radius 3 is 1.85 bits per heavy atom. The number of benzene rings is 2. The number of nitrogens with zero attached hydrogens (tertiary/aromatic N) is 4. The molecule has 0 aliphatic carbocycles. The monoisotopic (exact) mass is 692 g/mol. The SMILES string of the molecule is CC(=O)SC[C@H]1CCN2CC[C@H](CSC[C@H]3CCN4CC[C@H](CO[Si](c5ccccc5)(c5ccccc5)C(C)(C)C)N=C4N3)N=C2N1. The maximum Gasteiger partial charge on any atom is 0.261 e. The average Bonchev–Trinajstić information content (AvgIpc) is 3.07. The number of guanidine groups is 2. The van der Waals surface area contributed by atoms with Crippen LogP contribution in [0, 0.1) is 0 Å². The second-order valence-electron chi connectivity index (χ2n) is 14.3. The zero-order valence-corrected chi connectivity index (χ0v) is 31.1. The molecule has 0 bridgehead atoms. The summed E-state index contributed by atoms with van der Waals surface area (Å²) in [7, 11) is -2.59. The van der Waals surface area contributed by atoms with Crippen molar-refractivity contribution in [2.24, 2.45) is 9.98 Å². The normalized spacial score (nSPS) is 24.7. The minimum absolute atomic E-state index is 0.0420. The molecular weight excluding hydrogens is 641 g/mol. The molecule has 47 heavy (non-hydrogen) atoms. The van der Waals surface area contributed by atoms with Gasteiger partial charge in [-0.2, -0.15) is 11.8 Å². The van der Waals surface area contributed by atoms with Crippen molar-refractivity contribution in [3.63, 3.8) is 0 Å². The van der Waals surface area contributed by atoms with E-state index < -0.39 is 8.32 Å². The second kappa shape index (κ2) is 15.4. The zero-order chi connectivity index (χ0) is 32.9. The van der Waals surface area contributed by atoms with Crippen molar-refractivity contribution in [3.8, 4) is 0 Å². The second-order valence-corrected chi connectivity index (χ2v) is 20.9. The van der Waals surface area contributed by atoms with E-state index in [1.165, 1.54) is 22.1 Å². The van der Waals surface area contributed by atoms with Crippen LogP contribution >= 0.6 is 23.5 Å². The van der Waals surface area contributed by atoms with Crippen LogP contribution in [-0.2, 0) is 9.22 Å². The fourth-order valence-corrected chi connectivity index (χ4v) is 13.8. The third-order valence-electron chi connectivity index (χ3n) is 9.86. The van der Waals surface area contributed by atoms with Gasteiger partial charge >= 0.3 is 0 Å². The summed E-state index contributed by atoms with van der Waals surface area (Å²) in [6.45, 7) is 13.5. The Kier molecular flexibility index (Phi) is 11.3. The molecule has 4 aliphatic rings. The molecule has 2 aromatic carbocycles. The minimum Gasteiger partial charge on any atom is -0.405 e. The van der Waals surface area contributed by atoms with E-state index in [0.29, 0.717) is 24.7 Å². The molecule has 8 nitrogen and oxygen atoms in total. The van der Waals surface area contributed by atoms with Gasteiger partial charge in [-0.05, 0) is 41.1 Å². The Labute approximate surface area is 291 Å². The van der Waals surface area contributed by atoms with Crippen molar-refractivity contribution in [1.29, 1.82) is 0 Å². The van der Waals surface area contributed by atoms with Gasteiger partial charge in [0.1, 0.15) is 0 Å². The van der Waals surface area contributed by atoms with Crippen LogP contribution < -0.4 is 21.0 Å². The maximum atomic E-state index is 11.4. The van der Waals surface area contributed by atoms with Crippen LogP contribution in [0.3, 0.4) is 0 Å². The lowest BCUT2D eigenvalue weighted by Gasteiger charge is -2.44. The maximum absolute atomic E-state index is 11.4. The molecule has 0 radical (unpaired) electrons. The molecule has 2 fully saturated rings. The molecule has 2 aromatic rings. The van der Waals surface area contributed by atoms with Gasteiger partial charge in [0.05, 0.1) is 18.7 Å². The number of fused-ring (bicyclic) bond motifs is 2. The summed E-state index contributed by atoms with van der Waals surface area (Å²) in [5.74, 6) is 5.01. The molecule has 6 rings (SSSR count). The molecule has 2 N–H and O–H groups in total. The van der Waals surface area contributed by atoms with Crippen molar-refractivity contribution in [3.05, 3.63) is 60.7 Å². The summed E-state index contributed by atoms with van der Waals surface area (Å²) in [4.78, 5) is 26.6. The summed E-state index contributed by atoms with van der Waals surface area (Å²) in [6.07, 6.45) is 4.33. The standard InChI is InChI=1S/C36H52N6O2S2Si/c1-27(43)46-26-31-18-22-42-21-17-30(39-35(42)40-31)25-45-24-29-16-20-41-19-15-28(37-34(41)38-29)23-44-47(36(2,3)4,32-11-7-5-8-12-32)33-13-9-6-10-14-33/h5-14,28-31H,15-26H2,1-4H3,(H,37,38)(H,39,40)/t28-,29-,30-,31-/m1/s1. The third kappa shape index (κ3) is 8.23. The van der Waals surface area contributed by atoms with E-state index in [9.17, 15) is 4.79 Å². The summed E-state index contributed by atoms with van der Waals surface area (Å²) in [6, 6.07) is 23.1. The molecule has 0 aromatic heterocycles. The largest absolute Gasteiger partial charge is 0.405 e. The average molecular weight is 693 g/mol. The van der Waals surface area contributed by atoms with Gasteiger partial charge in [-0.25, -0.2) is 9.98 Å². The first-order valence-corrected chi connectivity index (χ1v) is 21.4.